The van der Waals surface area contributed by atoms with Gasteiger partial charge in [-0.15, -0.1) is 0 Å². The quantitative estimate of drug-likeness (QED) is 0.726. The van der Waals surface area contributed by atoms with Gasteiger partial charge in [-0.1, -0.05) is 0 Å². The van der Waals surface area contributed by atoms with Crippen molar-refractivity contribution in [3.8, 4) is 0 Å². The summed E-state index contributed by atoms with van der Waals surface area (Å²) in [5, 5.41) is 4.34. The molecule has 4 heterocycles. The highest BCUT2D eigenvalue weighted by Gasteiger charge is 2.31. The first-order valence-electron chi connectivity index (χ1n) is 7.75. The van der Waals surface area contributed by atoms with Crippen molar-refractivity contribution in [1.82, 2.24) is 24.5 Å². The zero-order valence-corrected chi connectivity index (χ0v) is 12.8. The number of aromatic nitrogens is 4. The SMILES string of the molecule is Cc1cc2nc(C3CCCCN3C(=O)c3cnco3)ccn2n1. The average Bonchev–Trinajstić information content (AvgIpc) is 3.22. The molecule has 0 radical (unpaired) electrons. The van der Waals surface area contributed by atoms with Crippen LogP contribution in [0.25, 0.3) is 5.65 Å². The molecule has 1 unspecified atom stereocenters. The fourth-order valence-corrected chi connectivity index (χ4v) is 3.14. The van der Waals surface area contributed by atoms with Gasteiger partial charge in [0.25, 0.3) is 5.91 Å². The van der Waals surface area contributed by atoms with Gasteiger partial charge in [-0.05, 0) is 32.3 Å². The molecule has 7 heteroatoms. The zero-order chi connectivity index (χ0) is 15.8. The third-order valence-corrected chi connectivity index (χ3v) is 4.22. The largest absolute Gasteiger partial charge is 0.438 e. The van der Waals surface area contributed by atoms with Crippen LogP contribution >= 0.6 is 0 Å². The number of rotatable bonds is 2. The van der Waals surface area contributed by atoms with Crippen molar-refractivity contribution in [3.05, 3.63) is 48.1 Å². The highest BCUT2D eigenvalue weighted by Crippen LogP contribution is 2.31. The molecule has 1 aliphatic heterocycles. The van der Waals surface area contributed by atoms with E-state index in [-0.39, 0.29) is 17.7 Å². The maximum Gasteiger partial charge on any atom is 0.291 e. The Morgan fingerprint density at radius 3 is 3.13 bits per heavy atom. The molecule has 1 aliphatic rings. The predicted octanol–water partition coefficient (Wildman–Crippen LogP) is 2.39. The van der Waals surface area contributed by atoms with Crippen molar-refractivity contribution >= 4 is 11.6 Å². The van der Waals surface area contributed by atoms with Crippen LogP contribution < -0.4 is 0 Å². The van der Waals surface area contributed by atoms with Gasteiger partial charge in [0, 0.05) is 18.8 Å². The number of hydrogen-bond acceptors (Lipinski definition) is 5. The van der Waals surface area contributed by atoms with Crippen molar-refractivity contribution < 1.29 is 9.21 Å². The molecule has 7 nitrogen and oxygen atoms in total. The monoisotopic (exact) mass is 311 g/mol. The summed E-state index contributed by atoms with van der Waals surface area (Å²) in [6.45, 7) is 2.64. The summed E-state index contributed by atoms with van der Waals surface area (Å²) in [6, 6.07) is 3.84. The number of nitrogens with zero attached hydrogens (tertiary/aromatic N) is 5. The molecule has 1 amide bonds. The van der Waals surface area contributed by atoms with Crippen molar-refractivity contribution in [2.24, 2.45) is 0 Å². The van der Waals surface area contributed by atoms with E-state index in [4.69, 9.17) is 9.40 Å². The van der Waals surface area contributed by atoms with Gasteiger partial charge in [-0.25, -0.2) is 14.5 Å². The summed E-state index contributed by atoms with van der Waals surface area (Å²) in [5.74, 6) is 0.150. The van der Waals surface area contributed by atoms with Crippen LogP contribution in [0, 0.1) is 6.92 Å². The first-order valence-corrected chi connectivity index (χ1v) is 7.75. The number of piperidine rings is 1. The van der Waals surface area contributed by atoms with Gasteiger partial charge in [-0.3, -0.25) is 4.79 Å². The maximum absolute atomic E-state index is 12.7. The Labute approximate surface area is 132 Å². The highest BCUT2D eigenvalue weighted by atomic mass is 16.3. The minimum Gasteiger partial charge on any atom is -0.438 e. The summed E-state index contributed by atoms with van der Waals surface area (Å²) in [5.41, 5.74) is 2.62. The summed E-state index contributed by atoms with van der Waals surface area (Å²) in [6.07, 6.45) is 7.61. The summed E-state index contributed by atoms with van der Waals surface area (Å²) < 4.78 is 6.92. The first kappa shape index (κ1) is 13.9. The van der Waals surface area contributed by atoms with Crippen molar-refractivity contribution in [3.63, 3.8) is 0 Å². The molecule has 1 saturated heterocycles. The highest BCUT2D eigenvalue weighted by molar-refractivity contribution is 5.91. The number of carbonyl (C=O) groups is 1. The van der Waals surface area contributed by atoms with Gasteiger partial charge in [-0.2, -0.15) is 5.10 Å². The van der Waals surface area contributed by atoms with E-state index >= 15 is 0 Å². The van der Waals surface area contributed by atoms with Gasteiger partial charge in [0.1, 0.15) is 0 Å². The molecule has 1 fully saturated rings. The third kappa shape index (κ3) is 2.48. The second-order valence-corrected chi connectivity index (χ2v) is 5.82. The number of oxazole rings is 1. The van der Waals surface area contributed by atoms with Gasteiger partial charge in [0.15, 0.2) is 12.0 Å². The number of carbonyl (C=O) groups excluding carboxylic acids is 1. The predicted molar refractivity (Wildman–Crippen MR) is 81.9 cm³/mol. The summed E-state index contributed by atoms with van der Waals surface area (Å²) in [7, 11) is 0. The van der Waals surface area contributed by atoms with E-state index in [9.17, 15) is 4.79 Å². The molecule has 23 heavy (non-hydrogen) atoms. The van der Waals surface area contributed by atoms with E-state index in [0.717, 1.165) is 36.3 Å². The maximum atomic E-state index is 12.7. The van der Waals surface area contributed by atoms with E-state index in [1.807, 2.05) is 30.2 Å². The molecule has 0 bridgehead atoms. The lowest BCUT2D eigenvalue weighted by atomic mass is 9.98. The van der Waals surface area contributed by atoms with E-state index < -0.39 is 0 Å². The van der Waals surface area contributed by atoms with Gasteiger partial charge < -0.3 is 9.32 Å². The van der Waals surface area contributed by atoms with Crippen LogP contribution in [0.2, 0.25) is 0 Å². The Kier molecular flexibility index (Phi) is 3.33. The lowest BCUT2D eigenvalue weighted by molar-refractivity contribution is 0.0573. The Morgan fingerprint density at radius 2 is 2.30 bits per heavy atom. The van der Waals surface area contributed by atoms with Crippen LogP contribution in [0.15, 0.2) is 35.3 Å². The molecule has 3 aromatic rings. The molecule has 0 spiro atoms. The second kappa shape index (κ2) is 5.49. The number of amides is 1. The third-order valence-electron chi connectivity index (χ3n) is 4.22. The molecule has 3 aromatic heterocycles. The van der Waals surface area contributed by atoms with Crippen molar-refractivity contribution in [1.29, 1.82) is 0 Å². The van der Waals surface area contributed by atoms with Gasteiger partial charge in [0.05, 0.1) is 23.6 Å². The Hall–Kier alpha value is -2.70. The van der Waals surface area contributed by atoms with E-state index in [2.05, 4.69) is 10.1 Å². The van der Waals surface area contributed by atoms with E-state index in [1.165, 1.54) is 12.6 Å². The molecule has 1 atom stereocenters. The molecule has 118 valence electrons. The van der Waals surface area contributed by atoms with Crippen LogP contribution in [-0.2, 0) is 0 Å². The van der Waals surface area contributed by atoms with E-state index in [1.54, 1.807) is 4.52 Å². The molecule has 0 N–H and O–H groups in total. The minimum atomic E-state index is -0.126. The molecular weight excluding hydrogens is 294 g/mol. The number of likely N-dealkylation sites (tertiary alicyclic amines) is 1. The second-order valence-electron chi connectivity index (χ2n) is 5.82. The molecule has 0 aromatic carbocycles. The first-order chi connectivity index (χ1) is 11.2. The van der Waals surface area contributed by atoms with Crippen LogP contribution in [0.3, 0.4) is 0 Å². The fourth-order valence-electron chi connectivity index (χ4n) is 3.14. The lowest BCUT2D eigenvalue weighted by Gasteiger charge is -2.34. The molecule has 0 aliphatic carbocycles. The number of fused-ring (bicyclic) bond motifs is 1. The Balaban J connectivity index is 1.69. The molecule has 0 saturated carbocycles. The minimum absolute atomic E-state index is 0.0402. The summed E-state index contributed by atoms with van der Waals surface area (Å²) in [4.78, 5) is 23.0. The van der Waals surface area contributed by atoms with Crippen LogP contribution in [-0.4, -0.2) is 36.9 Å². The smallest absolute Gasteiger partial charge is 0.291 e. The number of hydrogen-bond donors (Lipinski definition) is 0. The van der Waals surface area contributed by atoms with Crippen molar-refractivity contribution in [2.45, 2.75) is 32.2 Å². The Bertz CT molecular complexity index is 839. The fraction of sp³-hybridized carbons (Fsp3) is 0.375. The molecule has 4 rings (SSSR count). The van der Waals surface area contributed by atoms with Crippen LogP contribution in [0.5, 0.6) is 0 Å². The summed E-state index contributed by atoms with van der Waals surface area (Å²) >= 11 is 0. The number of aryl methyl sites for hydroxylation is 1. The van der Waals surface area contributed by atoms with Crippen LogP contribution in [0.4, 0.5) is 0 Å². The topological polar surface area (TPSA) is 76.5 Å². The normalized spacial score (nSPS) is 18.5. The van der Waals surface area contributed by atoms with Gasteiger partial charge in [0.2, 0.25) is 5.76 Å². The Morgan fingerprint density at radius 1 is 1.39 bits per heavy atom. The average molecular weight is 311 g/mol. The van der Waals surface area contributed by atoms with E-state index in [0.29, 0.717) is 6.54 Å². The van der Waals surface area contributed by atoms with Gasteiger partial charge >= 0.3 is 0 Å². The zero-order valence-electron chi connectivity index (χ0n) is 12.8. The molecular formula is C16H17N5O2. The van der Waals surface area contributed by atoms with Crippen LogP contribution in [0.1, 0.15) is 47.2 Å². The standard InChI is InChI=1S/C16H17N5O2/c1-11-8-15-18-12(5-7-21(15)19-11)13-4-2-3-6-20(13)16(22)14-9-17-10-23-14/h5,7-10,13H,2-4,6H2,1H3. The van der Waals surface area contributed by atoms with Crippen molar-refractivity contribution in [2.75, 3.05) is 6.54 Å². The lowest BCUT2D eigenvalue weighted by Crippen LogP contribution is -2.38.